The molecule has 0 aromatic carbocycles. The molecule has 6 rings (SSSR count). The molecule has 6 heteroatoms. The van der Waals surface area contributed by atoms with Gasteiger partial charge in [-0.3, -0.25) is 4.90 Å². The van der Waals surface area contributed by atoms with Gasteiger partial charge in [-0.25, -0.2) is 4.79 Å². The van der Waals surface area contributed by atoms with Crippen LogP contribution in [0.25, 0.3) is 0 Å². The number of carbonyl (C=O) groups is 1. The summed E-state index contributed by atoms with van der Waals surface area (Å²) in [7, 11) is 0. The van der Waals surface area contributed by atoms with Gasteiger partial charge in [-0.15, -0.1) is 0 Å². The molecule has 3 unspecified atom stereocenters. The second-order valence-corrected chi connectivity index (χ2v) is 12.7. The van der Waals surface area contributed by atoms with Crippen molar-refractivity contribution in [3.05, 3.63) is 22.3 Å². The Morgan fingerprint density at radius 3 is 2.49 bits per heavy atom. The Labute approximate surface area is 216 Å². The lowest BCUT2D eigenvalue weighted by Gasteiger charge is -2.54. The normalized spacial score (nSPS) is 35.7. The second-order valence-electron chi connectivity index (χ2n) is 12.2. The summed E-state index contributed by atoms with van der Waals surface area (Å²) >= 11 is 6.51. The molecule has 1 spiro atoms. The Balaban J connectivity index is 1.14. The van der Waals surface area contributed by atoms with Crippen LogP contribution >= 0.6 is 11.6 Å². The highest BCUT2D eigenvalue weighted by Gasteiger charge is 2.49. The molecule has 4 aliphatic heterocycles. The van der Waals surface area contributed by atoms with Crippen molar-refractivity contribution in [2.24, 2.45) is 5.41 Å². The number of piperidine rings is 2. The maximum atomic E-state index is 12.5. The number of rotatable bonds is 3. The third-order valence-corrected chi connectivity index (χ3v) is 10.7. The van der Waals surface area contributed by atoms with Crippen LogP contribution in [-0.2, 0) is 4.74 Å². The Morgan fingerprint density at radius 1 is 1.03 bits per heavy atom. The van der Waals surface area contributed by atoms with E-state index in [2.05, 4.69) is 20.8 Å². The highest BCUT2D eigenvalue weighted by Crippen LogP contribution is 2.50. The van der Waals surface area contributed by atoms with Crippen molar-refractivity contribution in [1.82, 2.24) is 14.7 Å². The van der Waals surface area contributed by atoms with Crippen molar-refractivity contribution >= 4 is 17.7 Å². The van der Waals surface area contributed by atoms with E-state index in [-0.39, 0.29) is 6.09 Å². The summed E-state index contributed by atoms with van der Waals surface area (Å²) in [4.78, 5) is 20.3. The van der Waals surface area contributed by atoms with Gasteiger partial charge in [0.25, 0.3) is 0 Å². The second kappa shape index (κ2) is 10.0. The van der Waals surface area contributed by atoms with Gasteiger partial charge in [0.1, 0.15) is 0 Å². The molecular formula is C29H44ClN3O2. The zero-order valence-electron chi connectivity index (χ0n) is 21.7. The van der Waals surface area contributed by atoms with Gasteiger partial charge in [0.05, 0.1) is 6.61 Å². The van der Waals surface area contributed by atoms with E-state index < -0.39 is 0 Å². The first-order valence-electron chi connectivity index (χ1n) is 14.6. The van der Waals surface area contributed by atoms with Crippen LogP contribution in [-0.4, -0.2) is 77.7 Å². The predicted octanol–water partition coefficient (Wildman–Crippen LogP) is 6.08. The quantitative estimate of drug-likeness (QED) is 0.439. The van der Waals surface area contributed by atoms with Crippen LogP contribution in [0.5, 0.6) is 0 Å². The fourth-order valence-electron chi connectivity index (χ4n) is 8.70. The minimum atomic E-state index is -0.0761. The number of likely N-dealkylation sites (tertiary alicyclic amines) is 1. The molecule has 2 aliphatic carbocycles. The standard InChI is InChI=1S/C29H44ClN3O2/c1-2-35-28(34)33-24-10-11-25(33)18-26(17-24)31-14-12-29(13-15-31)20-32(23-8-5-7-22(30)16-23)19-21-6-3-4-9-27(21)29/h7,23-26H,2-6,8-20H2,1H3. The number of amides is 1. The summed E-state index contributed by atoms with van der Waals surface area (Å²) in [6, 6.07) is 2.03. The molecule has 0 radical (unpaired) electrons. The molecular weight excluding hydrogens is 458 g/mol. The van der Waals surface area contributed by atoms with Gasteiger partial charge in [-0.2, -0.15) is 0 Å². The van der Waals surface area contributed by atoms with Crippen molar-refractivity contribution in [1.29, 1.82) is 0 Å². The maximum absolute atomic E-state index is 12.5. The monoisotopic (exact) mass is 501 g/mol. The number of carbonyl (C=O) groups excluding carboxylic acids is 1. The van der Waals surface area contributed by atoms with Gasteiger partial charge in [-0.1, -0.05) is 28.8 Å². The van der Waals surface area contributed by atoms with Crippen LogP contribution < -0.4 is 0 Å². The first-order chi connectivity index (χ1) is 17.1. The van der Waals surface area contributed by atoms with Gasteiger partial charge in [0.15, 0.2) is 0 Å². The van der Waals surface area contributed by atoms with Crippen molar-refractivity contribution in [2.45, 2.75) is 115 Å². The van der Waals surface area contributed by atoms with Crippen LogP contribution in [0.15, 0.2) is 22.3 Å². The lowest BCUT2D eigenvalue weighted by molar-refractivity contribution is 0.00510. The molecule has 6 aliphatic rings. The summed E-state index contributed by atoms with van der Waals surface area (Å²) in [6.45, 7) is 7.28. The van der Waals surface area contributed by atoms with Crippen molar-refractivity contribution in [3.8, 4) is 0 Å². The summed E-state index contributed by atoms with van der Waals surface area (Å²) in [5.74, 6) is 0. The van der Waals surface area contributed by atoms with Crippen LogP contribution in [0.2, 0.25) is 0 Å². The highest BCUT2D eigenvalue weighted by atomic mass is 35.5. The minimum absolute atomic E-state index is 0.0761. The molecule has 1 amide bonds. The molecule has 0 saturated carbocycles. The molecule has 35 heavy (non-hydrogen) atoms. The first kappa shape index (κ1) is 24.3. The predicted molar refractivity (Wildman–Crippen MR) is 141 cm³/mol. The van der Waals surface area contributed by atoms with E-state index in [1.54, 1.807) is 5.57 Å². The Bertz CT molecular complexity index is 863. The zero-order chi connectivity index (χ0) is 24.0. The molecule has 2 bridgehead atoms. The Morgan fingerprint density at radius 2 is 1.77 bits per heavy atom. The largest absolute Gasteiger partial charge is 0.450 e. The lowest BCUT2D eigenvalue weighted by atomic mass is 9.64. The van der Waals surface area contributed by atoms with Crippen LogP contribution in [0.1, 0.15) is 90.4 Å². The van der Waals surface area contributed by atoms with Crippen molar-refractivity contribution in [2.75, 3.05) is 32.8 Å². The summed E-state index contributed by atoms with van der Waals surface area (Å²) in [6.07, 6.45) is 18.2. The molecule has 0 aromatic heterocycles. The molecule has 0 N–H and O–H groups in total. The van der Waals surface area contributed by atoms with E-state index in [9.17, 15) is 4.79 Å². The summed E-state index contributed by atoms with van der Waals surface area (Å²) in [5, 5.41) is 1.08. The third-order valence-electron chi connectivity index (χ3n) is 10.4. The fourth-order valence-corrected chi connectivity index (χ4v) is 8.99. The Kier molecular flexibility index (Phi) is 6.96. The zero-order valence-corrected chi connectivity index (χ0v) is 22.4. The van der Waals surface area contributed by atoms with E-state index in [1.165, 1.54) is 71.1 Å². The molecule has 0 aromatic rings. The maximum Gasteiger partial charge on any atom is 0.410 e. The SMILES string of the molecule is CCOC(=O)N1C2CCC1CC(N1CCC3(CC1)CN(C1CCC=C(Cl)C1)CC1=C3CCCC1)C2. The number of halogens is 1. The van der Waals surface area contributed by atoms with Crippen LogP contribution in [0.4, 0.5) is 4.79 Å². The summed E-state index contributed by atoms with van der Waals surface area (Å²) < 4.78 is 5.39. The molecule has 3 fully saturated rings. The molecule has 5 nitrogen and oxygen atoms in total. The van der Waals surface area contributed by atoms with E-state index >= 15 is 0 Å². The molecule has 194 valence electrons. The third kappa shape index (κ3) is 4.59. The number of hydrogen-bond donors (Lipinski definition) is 0. The fraction of sp³-hybridized carbons (Fsp3) is 0.828. The van der Waals surface area contributed by atoms with Gasteiger partial charge >= 0.3 is 6.09 Å². The van der Waals surface area contributed by atoms with Crippen molar-refractivity contribution < 1.29 is 9.53 Å². The first-order valence-corrected chi connectivity index (χ1v) is 14.9. The van der Waals surface area contributed by atoms with Gasteiger partial charge < -0.3 is 14.5 Å². The van der Waals surface area contributed by atoms with Gasteiger partial charge in [0.2, 0.25) is 0 Å². The van der Waals surface area contributed by atoms with Crippen molar-refractivity contribution in [3.63, 3.8) is 0 Å². The Hall–Kier alpha value is -1.04. The van der Waals surface area contributed by atoms with E-state index in [4.69, 9.17) is 16.3 Å². The topological polar surface area (TPSA) is 36.0 Å². The van der Waals surface area contributed by atoms with E-state index in [0.29, 0.717) is 36.2 Å². The van der Waals surface area contributed by atoms with Gasteiger partial charge in [-0.05, 0) is 103 Å². The number of fused-ring (bicyclic) bond motifs is 3. The molecule has 3 atom stereocenters. The molecule has 4 heterocycles. The van der Waals surface area contributed by atoms with Crippen LogP contribution in [0.3, 0.4) is 0 Å². The summed E-state index contributed by atoms with van der Waals surface area (Å²) in [5.41, 5.74) is 4.06. The smallest absolute Gasteiger partial charge is 0.410 e. The van der Waals surface area contributed by atoms with Gasteiger partial charge in [0, 0.05) is 47.7 Å². The number of hydrogen-bond acceptors (Lipinski definition) is 4. The number of nitrogens with zero attached hydrogens (tertiary/aromatic N) is 3. The average molecular weight is 502 g/mol. The minimum Gasteiger partial charge on any atom is -0.450 e. The molecule has 3 saturated heterocycles. The van der Waals surface area contributed by atoms with E-state index in [0.717, 1.165) is 43.6 Å². The lowest BCUT2D eigenvalue weighted by Crippen LogP contribution is -2.57. The average Bonchev–Trinajstić information content (AvgIpc) is 3.14. The number of ether oxygens (including phenoxy) is 1. The van der Waals surface area contributed by atoms with E-state index in [1.807, 2.05) is 12.5 Å². The highest BCUT2D eigenvalue weighted by molar-refractivity contribution is 6.29. The van der Waals surface area contributed by atoms with Crippen LogP contribution in [0, 0.1) is 5.41 Å². The number of allylic oxidation sites excluding steroid dienone is 1.